The molecule has 1 amide bonds. The van der Waals surface area contributed by atoms with E-state index in [1.807, 2.05) is 12.3 Å². The molecule has 2 fully saturated rings. The van der Waals surface area contributed by atoms with E-state index in [1.165, 1.54) is 32.1 Å². The number of aliphatic imine (C=N–C) groups is 1. The Kier molecular flexibility index (Phi) is 9.39. The van der Waals surface area contributed by atoms with Crippen LogP contribution >= 0.6 is 0 Å². The molecule has 1 aliphatic heterocycles. The largest absolute Gasteiger partial charge is 0.378 e. The maximum Gasteiger partial charge on any atom is 0.220 e. The number of nitrogens with one attached hydrogen (secondary N) is 2. The Morgan fingerprint density at radius 1 is 1.23 bits per heavy atom. The van der Waals surface area contributed by atoms with E-state index in [-0.39, 0.29) is 11.8 Å². The Hall–Kier alpha value is -2.35. The number of hydrogen-bond donors (Lipinski definition) is 3. The van der Waals surface area contributed by atoms with E-state index >= 15 is 0 Å². The first-order chi connectivity index (χ1) is 15.2. The summed E-state index contributed by atoms with van der Waals surface area (Å²) in [6, 6.07) is 4.04. The van der Waals surface area contributed by atoms with Crippen molar-refractivity contribution in [2.75, 3.05) is 38.2 Å². The van der Waals surface area contributed by atoms with Crippen LogP contribution in [0.25, 0.3) is 0 Å². The summed E-state index contributed by atoms with van der Waals surface area (Å²) in [7, 11) is 1.78. The van der Waals surface area contributed by atoms with Gasteiger partial charge in [-0.15, -0.1) is 0 Å². The lowest BCUT2D eigenvalue weighted by atomic mass is 9.96. The molecular formula is C23H38N6O2. The highest BCUT2D eigenvalue weighted by molar-refractivity contribution is 5.79. The molecule has 0 unspecified atom stereocenters. The summed E-state index contributed by atoms with van der Waals surface area (Å²) in [5, 5.41) is 6.76. The predicted octanol–water partition coefficient (Wildman–Crippen LogP) is 2.19. The number of anilines is 1. The van der Waals surface area contributed by atoms with Crippen molar-refractivity contribution in [1.29, 1.82) is 0 Å². The van der Waals surface area contributed by atoms with E-state index in [4.69, 9.17) is 10.5 Å². The summed E-state index contributed by atoms with van der Waals surface area (Å²) in [6.07, 6.45) is 11.2. The minimum absolute atomic E-state index is 0.0216. The van der Waals surface area contributed by atoms with Crippen molar-refractivity contribution < 1.29 is 9.53 Å². The lowest BCUT2D eigenvalue weighted by molar-refractivity contribution is -0.122. The van der Waals surface area contributed by atoms with Gasteiger partial charge in [-0.05, 0) is 38.2 Å². The van der Waals surface area contributed by atoms with Crippen LogP contribution in [0.1, 0.15) is 56.9 Å². The summed E-state index contributed by atoms with van der Waals surface area (Å²) >= 11 is 0. The number of nitrogens with zero attached hydrogens (tertiary/aromatic N) is 3. The Morgan fingerprint density at radius 3 is 2.71 bits per heavy atom. The Balaban J connectivity index is 1.40. The number of piperidine rings is 1. The van der Waals surface area contributed by atoms with E-state index in [1.54, 1.807) is 7.05 Å². The quantitative estimate of drug-likeness (QED) is 0.315. The average Bonchev–Trinajstić information content (AvgIpc) is 2.82. The molecule has 3 rings (SSSR count). The molecule has 0 spiro atoms. The molecular weight excluding hydrogens is 392 g/mol. The molecule has 0 radical (unpaired) electrons. The molecule has 0 atom stereocenters. The Labute approximate surface area is 186 Å². The number of pyridine rings is 1. The normalized spacial score (nSPS) is 18.7. The van der Waals surface area contributed by atoms with Crippen molar-refractivity contribution >= 4 is 17.7 Å². The van der Waals surface area contributed by atoms with Gasteiger partial charge in [0.15, 0.2) is 5.96 Å². The summed E-state index contributed by atoms with van der Waals surface area (Å²) in [5.41, 5.74) is 6.58. The number of amides is 1. The highest BCUT2D eigenvalue weighted by Crippen LogP contribution is 2.24. The molecule has 2 aliphatic rings. The van der Waals surface area contributed by atoms with Crippen molar-refractivity contribution in [3.05, 3.63) is 23.9 Å². The third kappa shape index (κ3) is 7.38. The van der Waals surface area contributed by atoms with Gasteiger partial charge in [0.25, 0.3) is 0 Å². The molecule has 4 N–H and O–H groups in total. The summed E-state index contributed by atoms with van der Waals surface area (Å²) < 4.78 is 5.99. The number of aromatic nitrogens is 1. The van der Waals surface area contributed by atoms with Gasteiger partial charge in [0.2, 0.25) is 5.91 Å². The fraction of sp³-hybridized carbons (Fsp3) is 0.696. The second-order valence-corrected chi connectivity index (χ2v) is 8.49. The Morgan fingerprint density at radius 2 is 2.00 bits per heavy atom. The maximum absolute atomic E-state index is 11.4. The maximum atomic E-state index is 11.4. The van der Waals surface area contributed by atoms with Gasteiger partial charge in [0.1, 0.15) is 5.82 Å². The molecule has 1 aliphatic carbocycles. The van der Waals surface area contributed by atoms with Gasteiger partial charge in [0.05, 0.1) is 6.10 Å². The van der Waals surface area contributed by atoms with Crippen LogP contribution in [0.5, 0.6) is 0 Å². The van der Waals surface area contributed by atoms with Gasteiger partial charge in [-0.1, -0.05) is 25.3 Å². The van der Waals surface area contributed by atoms with Gasteiger partial charge in [-0.2, -0.15) is 0 Å². The first-order valence-electron chi connectivity index (χ1n) is 11.7. The van der Waals surface area contributed by atoms with E-state index in [0.29, 0.717) is 12.6 Å². The number of hydrogen-bond acceptors (Lipinski definition) is 5. The summed E-state index contributed by atoms with van der Waals surface area (Å²) in [4.78, 5) is 22.6. The van der Waals surface area contributed by atoms with Crippen LogP contribution in [-0.4, -0.2) is 56.2 Å². The van der Waals surface area contributed by atoms with Gasteiger partial charge in [0, 0.05) is 57.5 Å². The van der Waals surface area contributed by atoms with Crippen LogP contribution in [0.2, 0.25) is 0 Å². The lowest BCUT2D eigenvalue weighted by Crippen LogP contribution is -2.40. The van der Waals surface area contributed by atoms with E-state index < -0.39 is 0 Å². The van der Waals surface area contributed by atoms with Gasteiger partial charge >= 0.3 is 0 Å². The van der Waals surface area contributed by atoms with Crippen LogP contribution in [-0.2, 0) is 16.1 Å². The minimum atomic E-state index is -0.193. The molecule has 2 heterocycles. The number of carbonyl (C=O) groups excluding carboxylic acids is 1. The molecule has 0 aromatic carbocycles. The number of carbonyl (C=O) groups is 1. The number of ether oxygens (including phenoxy) is 1. The van der Waals surface area contributed by atoms with Crippen molar-refractivity contribution in [1.82, 2.24) is 15.6 Å². The zero-order valence-corrected chi connectivity index (χ0v) is 18.8. The molecule has 1 aromatic rings. The first kappa shape index (κ1) is 23.3. The topological polar surface area (TPSA) is 105 Å². The smallest absolute Gasteiger partial charge is 0.220 e. The van der Waals surface area contributed by atoms with Crippen LogP contribution in [0.15, 0.2) is 23.3 Å². The van der Waals surface area contributed by atoms with Crippen molar-refractivity contribution in [3.8, 4) is 0 Å². The monoisotopic (exact) mass is 430 g/mol. The standard InChI is InChI=1S/C23H38N6O2/c1-25-23(27-13-6-16-31-20-8-3-2-4-9-20)28-17-19-7-5-12-26-22(19)29-14-10-18(11-15-29)21(24)30/h5,7,12,18,20H,2-4,6,8-11,13-17H2,1H3,(H2,24,30)(H2,25,27,28). The van der Waals surface area contributed by atoms with Crippen LogP contribution in [0.4, 0.5) is 5.82 Å². The highest BCUT2D eigenvalue weighted by atomic mass is 16.5. The zero-order chi connectivity index (χ0) is 21.9. The Bertz CT molecular complexity index is 712. The third-order valence-electron chi connectivity index (χ3n) is 6.25. The van der Waals surface area contributed by atoms with Crippen molar-refractivity contribution in [2.24, 2.45) is 16.6 Å². The lowest BCUT2D eigenvalue weighted by Gasteiger charge is -2.32. The van der Waals surface area contributed by atoms with Crippen LogP contribution in [0.3, 0.4) is 0 Å². The van der Waals surface area contributed by atoms with Crippen molar-refractivity contribution in [2.45, 2.75) is 64.0 Å². The average molecular weight is 431 g/mol. The second kappa shape index (κ2) is 12.5. The second-order valence-electron chi connectivity index (χ2n) is 8.49. The minimum Gasteiger partial charge on any atom is -0.378 e. The summed E-state index contributed by atoms with van der Waals surface area (Å²) in [5.74, 6) is 1.53. The van der Waals surface area contributed by atoms with Gasteiger partial charge in [-0.3, -0.25) is 9.79 Å². The molecule has 31 heavy (non-hydrogen) atoms. The number of primary amides is 1. The molecule has 1 aromatic heterocycles. The molecule has 1 saturated carbocycles. The highest BCUT2D eigenvalue weighted by Gasteiger charge is 2.25. The van der Waals surface area contributed by atoms with E-state index in [9.17, 15) is 4.79 Å². The van der Waals surface area contributed by atoms with Crippen molar-refractivity contribution in [3.63, 3.8) is 0 Å². The van der Waals surface area contributed by atoms with E-state index in [2.05, 4.69) is 31.6 Å². The fourth-order valence-corrected chi connectivity index (χ4v) is 4.39. The predicted molar refractivity (Wildman–Crippen MR) is 124 cm³/mol. The molecule has 8 nitrogen and oxygen atoms in total. The zero-order valence-electron chi connectivity index (χ0n) is 18.8. The molecule has 0 bridgehead atoms. The molecule has 8 heteroatoms. The number of nitrogens with two attached hydrogens (primary N) is 1. The molecule has 1 saturated heterocycles. The summed E-state index contributed by atoms with van der Waals surface area (Å²) in [6.45, 7) is 3.85. The number of rotatable bonds is 9. The fourth-order valence-electron chi connectivity index (χ4n) is 4.39. The van der Waals surface area contributed by atoms with E-state index in [0.717, 1.165) is 62.8 Å². The van der Waals surface area contributed by atoms with Crippen LogP contribution in [0, 0.1) is 5.92 Å². The van der Waals surface area contributed by atoms with Crippen LogP contribution < -0.4 is 21.3 Å². The molecule has 172 valence electrons. The third-order valence-corrected chi connectivity index (χ3v) is 6.25. The SMILES string of the molecule is CN=C(NCCCOC1CCCCC1)NCc1cccnc1N1CCC(C(N)=O)CC1. The number of guanidine groups is 1. The van der Waals surface area contributed by atoms with Gasteiger partial charge < -0.3 is 26.0 Å². The first-order valence-corrected chi connectivity index (χ1v) is 11.7. The van der Waals surface area contributed by atoms with Gasteiger partial charge in [-0.25, -0.2) is 4.98 Å².